The van der Waals surface area contributed by atoms with Gasteiger partial charge in [0.25, 0.3) is 5.91 Å². The second-order valence-corrected chi connectivity index (χ2v) is 7.06. The van der Waals surface area contributed by atoms with Gasteiger partial charge in [0, 0.05) is 24.2 Å². The summed E-state index contributed by atoms with van der Waals surface area (Å²) in [6.07, 6.45) is 0. The fourth-order valence-electron chi connectivity index (χ4n) is 2.96. The molecule has 2 aromatic carbocycles. The standard InChI is InChI=1S/C21H24N4O4/c1-13-22-16-9-7-6-8-15(16)19(23-13)25(4)14-10-11-17(28-5)18(12-14)29-21(2,3)20(26)24-27/h6-12,27H,1-5H3,(H,24,26). The van der Waals surface area contributed by atoms with Gasteiger partial charge in [-0.3, -0.25) is 10.0 Å². The number of nitrogens with one attached hydrogen (secondary N) is 1. The number of para-hydroxylation sites is 1. The zero-order valence-corrected chi connectivity index (χ0v) is 17.1. The van der Waals surface area contributed by atoms with Gasteiger partial charge in [0.15, 0.2) is 17.1 Å². The number of aryl methyl sites for hydroxylation is 1. The molecule has 0 aliphatic heterocycles. The maximum atomic E-state index is 11.9. The Kier molecular flexibility index (Phi) is 5.56. The quantitative estimate of drug-likeness (QED) is 0.487. The molecule has 3 rings (SSSR count). The van der Waals surface area contributed by atoms with Gasteiger partial charge in [0.05, 0.1) is 12.6 Å². The fourth-order valence-corrected chi connectivity index (χ4v) is 2.96. The largest absolute Gasteiger partial charge is 0.493 e. The molecular formula is C21H24N4O4. The normalized spacial score (nSPS) is 11.2. The van der Waals surface area contributed by atoms with E-state index in [1.54, 1.807) is 31.5 Å². The third kappa shape index (κ3) is 4.07. The van der Waals surface area contributed by atoms with Crippen LogP contribution >= 0.6 is 0 Å². The van der Waals surface area contributed by atoms with Crippen molar-refractivity contribution in [3.63, 3.8) is 0 Å². The first kappa shape index (κ1) is 20.3. The molecule has 152 valence electrons. The summed E-state index contributed by atoms with van der Waals surface area (Å²) in [5.41, 5.74) is 1.95. The molecule has 0 spiro atoms. The van der Waals surface area contributed by atoms with Crippen molar-refractivity contribution in [3.05, 3.63) is 48.3 Å². The fraction of sp³-hybridized carbons (Fsp3) is 0.286. The third-order valence-corrected chi connectivity index (χ3v) is 4.56. The molecule has 1 amide bonds. The number of hydrogen-bond acceptors (Lipinski definition) is 7. The lowest BCUT2D eigenvalue weighted by molar-refractivity contribution is -0.143. The van der Waals surface area contributed by atoms with Gasteiger partial charge in [-0.2, -0.15) is 0 Å². The van der Waals surface area contributed by atoms with Crippen molar-refractivity contribution >= 4 is 28.3 Å². The summed E-state index contributed by atoms with van der Waals surface area (Å²) in [5.74, 6) is 1.56. The summed E-state index contributed by atoms with van der Waals surface area (Å²) in [7, 11) is 3.41. The summed E-state index contributed by atoms with van der Waals surface area (Å²) in [6, 6.07) is 13.2. The van der Waals surface area contributed by atoms with Gasteiger partial charge >= 0.3 is 0 Å². The first-order valence-electron chi connectivity index (χ1n) is 9.05. The number of fused-ring (bicyclic) bond motifs is 1. The number of benzene rings is 2. The molecule has 0 saturated heterocycles. The predicted octanol–water partition coefficient (Wildman–Crippen LogP) is 3.38. The molecule has 29 heavy (non-hydrogen) atoms. The van der Waals surface area contributed by atoms with Gasteiger partial charge in [0.1, 0.15) is 11.6 Å². The van der Waals surface area contributed by atoms with Crippen LogP contribution in [0.1, 0.15) is 19.7 Å². The number of ether oxygens (including phenoxy) is 2. The molecule has 3 aromatic rings. The van der Waals surface area contributed by atoms with Crippen LogP contribution < -0.4 is 19.9 Å². The Bertz CT molecular complexity index is 1050. The van der Waals surface area contributed by atoms with Crippen molar-refractivity contribution in [2.24, 2.45) is 0 Å². The summed E-state index contributed by atoms with van der Waals surface area (Å²) in [5, 5.41) is 9.88. The average molecular weight is 396 g/mol. The van der Waals surface area contributed by atoms with Gasteiger partial charge in [-0.05, 0) is 45.0 Å². The van der Waals surface area contributed by atoms with Crippen LogP contribution in [-0.2, 0) is 4.79 Å². The lowest BCUT2D eigenvalue weighted by Gasteiger charge is -2.26. The number of amides is 1. The number of hydroxylamine groups is 1. The highest BCUT2D eigenvalue weighted by Gasteiger charge is 2.31. The van der Waals surface area contributed by atoms with Crippen LogP contribution in [0.3, 0.4) is 0 Å². The van der Waals surface area contributed by atoms with Crippen molar-refractivity contribution in [3.8, 4) is 11.5 Å². The van der Waals surface area contributed by atoms with E-state index in [9.17, 15) is 4.79 Å². The number of aromatic nitrogens is 2. The topological polar surface area (TPSA) is 96.8 Å². The number of anilines is 2. The van der Waals surface area contributed by atoms with E-state index in [1.165, 1.54) is 7.11 Å². The molecule has 0 saturated carbocycles. The summed E-state index contributed by atoms with van der Waals surface area (Å²) in [4.78, 5) is 22.9. The SMILES string of the molecule is COc1ccc(N(C)c2nc(C)nc3ccccc23)cc1OC(C)(C)C(=O)NO. The van der Waals surface area contributed by atoms with Crippen LogP contribution in [0.2, 0.25) is 0 Å². The van der Waals surface area contributed by atoms with Crippen LogP contribution in [-0.4, -0.2) is 40.8 Å². The molecule has 0 unspecified atom stereocenters. The third-order valence-electron chi connectivity index (χ3n) is 4.56. The second-order valence-electron chi connectivity index (χ2n) is 7.06. The molecule has 0 bridgehead atoms. The van der Waals surface area contributed by atoms with E-state index in [2.05, 4.69) is 9.97 Å². The van der Waals surface area contributed by atoms with Crippen LogP contribution in [0.25, 0.3) is 10.9 Å². The number of carbonyl (C=O) groups excluding carboxylic acids is 1. The van der Waals surface area contributed by atoms with Crippen LogP contribution in [0.4, 0.5) is 11.5 Å². The number of carbonyl (C=O) groups is 1. The van der Waals surface area contributed by atoms with E-state index < -0.39 is 11.5 Å². The number of methoxy groups -OCH3 is 1. The van der Waals surface area contributed by atoms with Gasteiger partial charge in [-0.1, -0.05) is 12.1 Å². The van der Waals surface area contributed by atoms with E-state index in [-0.39, 0.29) is 0 Å². The number of hydrogen-bond donors (Lipinski definition) is 2. The van der Waals surface area contributed by atoms with Gasteiger partial charge in [0.2, 0.25) is 0 Å². The summed E-state index contributed by atoms with van der Waals surface area (Å²) >= 11 is 0. The Morgan fingerprint density at radius 2 is 1.86 bits per heavy atom. The molecule has 0 aliphatic carbocycles. The first-order chi connectivity index (χ1) is 13.8. The average Bonchev–Trinajstić information content (AvgIpc) is 2.71. The maximum absolute atomic E-state index is 11.9. The Morgan fingerprint density at radius 3 is 2.55 bits per heavy atom. The zero-order valence-electron chi connectivity index (χ0n) is 17.1. The highest BCUT2D eigenvalue weighted by molar-refractivity contribution is 5.91. The zero-order chi connectivity index (χ0) is 21.2. The van der Waals surface area contributed by atoms with Crippen molar-refractivity contribution in [1.82, 2.24) is 15.4 Å². The minimum absolute atomic E-state index is 0.362. The van der Waals surface area contributed by atoms with Crippen LogP contribution in [0, 0.1) is 6.92 Å². The van der Waals surface area contributed by atoms with E-state index in [0.29, 0.717) is 17.3 Å². The van der Waals surface area contributed by atoms with Gasteiger partial charge in [-0.15, -0.1) is 0 Å². The minimum atomic E-state index is -1.31. The van der Waals surface area contributed by atoms with Crippen molar-refractivity contribution in [1.29, 1.82) is 0 Å². The monoisotopic (exact) mass is 396 g/mol. The molecule has 1 heterocycles. The lowest BCUT2D eigenvalue weighted by atomic mass is 10.1. The van der Waals surface area contributed by atoms with Crippen molar-refractivity contribution in [2.45, 2.75) is 26.4 Å². The van der Waals surface area contributed by atoms with Crippen LogP contribution in [0.15, 0.2) is 42.5 Å². The van der Waals surface area contributed by atoms with E-state index >= 15 is 0 Å². The lowest BCUT2D eigenvalue weighted by Crippen LogP contribution is -2.45. The minimum Gasteiger partial charge on any atom is -0.493 e. The van der Waals surface area contributed by atoms with E-state index in [1.807, 2.05) is 49.2 Å². The summed E-state index contributed by atoms with van der Waals surface area (Å²) < 4.78 is 11.2. The molecule has 0 fully saturated rings. The molecule has 8 heteroatoms. The number of nitrogens with zero attached hydrogens (tertiary/aromatic N) is 3. The second kappa shape index (κ2) is 7.92. The number of rotatable bonds is 6. The molecule has 0 aliphatic rings. The highest BCUT2D eigenvalue weighted by Crippen LogP contribution is 2.37. The molecule has 2 N–H and O–H groups in total. The first-order valence-corrected chi connectivity index (χ1v) is 9.05. The molecule has 1 aromatic heterocycles. The Hall–Kier alpha value is -3.39. The van der Waals surface area contributed by atoms with E-state index in [4.69, 9.17) is 14.7 Å². The van der Waals surface area contributed by atoms with Gasteiger partial charge in [-0.25, -0.2) is 15.4 Å². The van der Waals surface area contributed by atoms with E-state index in [0.717, 1.165) is 22.4 Å². The molecule has 0 radical (unpaired) electrons. The van der Waals surface area contributed by atoms with Crippen molar-refractivity contribution in [2.75, 3.05) is 19.1 Å². The Labute approximate surface area is 169 Å². The highest BCUT2D eigenvalue weighted by atomic mass is 16.5. The smallest absolute Gasteiger partial charge is 0.286 e. The summed E-state index contributed by atoms with van der Waals surface area (Å²) in [6.45, 7) is 4.95. The Balaban J connectivity index is 2.05. The maximum Gasteiger partial charge on any atom is 0.286 e. The molecule has 8 nitrogen and oxygen atoms in total. The van der Waals surface area contributed by atoms with Crippen LogP contribution in [0.5, 0.6) is 11.5 Å². The molecular weight excluding hydrogens is 372 g/mol. The predicted molar refractivity (Wildman–Crippen MR) is 110 cm³/mol. The van der Waals surface area contributed by atoms with Crippen molar-refractivity contribution < 1.29 is 19.5 Å². The van der Waals surface area contributed by atoms with Gasteiger partial charge < -0.3 is 14.4 Å². The molecule has 0 atom stereocenters. The Morgan fingerprint density at radius 1 is 1.14 bits per heavy atom.